The molecule has 2 rings (SSSR count). The molecule has 1 saturated carbocycles. The summed E-state index contributed by atoms with van der Waals surface area (Å²) in [6, 6.07) is 0. The highest BCUT2D eigenvalue weighted by Crippen LogP contribution is 2.58. The third kappa shape index (κ3) is 6.59. The lowest BCUT2D eigenvalue weighted by Gasteiger charge is -2.44. The fourth-order valence-electron chi connectivity index (χ4n) is 7.19. The lowest BCUT2D eigenvalue weighted by molar-refractivity contribution is 0.0618. The van der Waals surface area contributed by atoms with E-state index in [2.05, 4.69) is 40.7 Å². The van der Waals surface area contributed by atoms with Gasteiger partial charge in [-0.1, -0.05) is 72.0 Å². The quantitative estimate of drug-likeness (QED) is 0.270. The van der Waals surface area contributed by atoms with Crippen molar-refractivity contribution < 1.29 is 5.11 Å². The van der Waals surface area contributed by atoms with E-state index in [0.29, 0.717) is 5.41 Å². The lowest BCUT2D eigenvalue weighted by Crippen LogP contribution is -2.35. The van der Waals surface area contributed by atoms with Gasteiger partial charge in [-0.15, -0.1) is 0 Å². The minimum absolute atomic E-state index is 0.498. The second-order valence-electron chi connectivity index (χ2n) is 11.8. The van der Waals surface area contributed by atoms with Crippen molar-refractivity contribution in [2.75, 3.05) is 0 Å². The Hall–Kier alpha value is -0.300. The Balaban J connectivity index is 2.06. The fraction of sp³-hybridized carbons (Fsp3) is 0.929. The summed E-state index contributed by atoms with van der Waals surface area (Å²) >= 11 is 0. The molecule has 1 fully saturated rings. The Morgan fingerprint density at radius 3 is 2.41 bits per heavy atom. The van der Waals surface area contributed by atoms with Crippen LogP contribution >= 0.6 is 0 Å². The van der Waals surface area contributed by atoms with Crippen molar-refractivity contribution in [1.82, 2.24) is 0 Å². The standard InChI is InChI=1S/C28H52O/c1-8-12-22-20-23(14-16-25(22)21(3)4)26-17-15-24(28(26,7)18-9-2)13-10-11-19-27(5,6)29/h16,21-24,26,29H,8-15,17-20H2,1-7H3. The van der Waals surface area contributed by atoms with Crippen LogP contribution in [0.1, 0.15) is 126 Å². The van der Waals surface area contributed by atoms with Crippen LogP contribution in [-0.2, 0) is 0 Å². The molecule has 29 heavy (non-hydrogen) atoms. The van der Waals surface area contributed by atoms with Gasteiger partial charge in [-0.3, -0.25) is 0 Å². The summed E-state index contributed by atoms with van der Waals surface area (Å²) in [5.74, 6) is 4.30. The maximum atomic E-state index is 10.0. The Morgan fingerprint density at radius 2 is 1.83 bits per heavy atom. The predicted octanol–water partition coefficient (Wildman–Crippen LogP) is 8.56. The van der Waals surface area contributed by atoms with Gasteiger partial charge in [0.15, 0.2) is 0 Å². The van der Waals surface area contributed by atoms with Crippen LogP contribution in [-0.4, -0.2) is 10.7 Å². The third-order valence-corrected chi connectivity index (χ3v) is 8.57. The van der Waals surface area contributed by atoms with E-state index in [1.165, 1.54) is 70.6 Å². The number of unbranched alkanes of at least 4 members (excludes halogenated alkanes) is 1. The summed E-state index contributed by atoms with van der Waals surface area (Å²) in [5.41, 5.74) is 1.80. The van der Waals surface area contributed by atoms with Gasteiger partial charge in [0.1, 0.15) is 0 Å². The first-order valence-electron chi connectivity index (χ1n) is 13.0. The second-order valence-corrected chi connectivity index (χ2v) is 11.8. The monoisotopic (exact) mass is 404 g/mol. The maximum absolute atomic E-state index is 10.0. The Morgan fingerprint density at radius 1 is 1.10 bits per heavy atom. The molecular formula is C28H52O. The van der Waals surface area contributed by atoms with Gasteiger partial charge in [-0.25, -0.2) is 0 Å². The number of hydrogen-bond donors (Lipinski definition) is 1. The molecule has 0 spiro atoms. The number of hydrogen-bond acceptors (Lipinski definition) is 1. The van der Waals surface area contributed by atoms with Crippen LogP contribution in [0.15, 0.2) is 11.6 Å². The van der Waals surface area contributed by atoms with Crippen molar-refractivity contribution in [2.24, 2.45) is 35.0 Å². The molecule has 0 radical (unpaired) electrons. The van der Waals surface area contributed by atoms with Gasteiger partial charge >= 0.3 is 0 Å². The molecule has 5 atom stereocenters. The van der Waals surface area contributed by atoms with Crippen LogP contribution in [0, 0.1) is 35.0 Å². The number of allylic oxidation sites excluding steroid dienone is 2. The van der Waals surface area contributed by atoms with Gasteiger partial charge in [0.2, 0.25) is 0 Å². The van der Waals surface area contributed by atoms with Crippen molar-refractivity contribution in [3.63, 3.8) is 0 Å². The van der Waals surface area contributed by atoms with Gasteiger partial charge in [-0.05, 0) is 100 Å². The molecule has 2 aliphatic rings. The van der Waals surface area contributed by atoms with Crippen LogP contribution in [0.3, 0.4) is 0 Å². The second kappa shape index (κ2) is 10.8. The van der Waals surface area contributed by atoms with Gasteiger partial charge in [0.25, 0.3) is 0 Å². The van der Waals surface area contributed by atoms with Crippen molar-refractivity contribution >= 4 is 0 Å². The topological polar surface area (TPSA) is 20.2 Å². The summed E-state index contributed by atoms with van der Waals surface area (Å²) in [4.78, 5) is 0. The van der Waals surface area contributed by atoms with Crippen molar-refractivity contribution in [3.8, 4) is 0 Å². The maximum Gasteiger partial charge on any atom is 0.0591 e. The van der Waals surface area contributed by atoms with E-state index in [1.54, 1.807) is 5.57 Å². The zero-order valence-electron chi connectivity index (χ0n) is 20.9. The number of aliphatic hydroxyl groups is 1. The molecule has 0 saturated heterocycles. The van der Waals surface area contributed by atoms with Gasteiger partial charge in [0.05, 0.1) is 5.60 Å². The molecule has 0 amide bonds. The van der Waals surface area contributed by atoms with Gasteiger partial charge in [0, 0.05) is 0 Å². The molecule has 0 heterocycles. The van der Waals surface area contributed by atoms with E-state index < -0.39 is 5.60 Å². The van der Waals surface area contributed by atoms with Crippen molar-refractivity contribution in [3.05, 3.63) is 11.6 Å². The van der Waals surface area contributed by atoms with E-state index in [4.69, 9.17) is 0 Å². The molecule has 1 nitrogen and oxygen atoms in total. The summed E-state index contributed by atoms with van der Waals surface area (Å²) in [5, 5.41) is 10.0. The lowest BCUT2D eigenvalue weighted by atomic mass is 9.61. The zero-order valence-corrected chi connectivity index (χ0v) is 20.9. The summed E-state index contributed by atoms with van der Waals surface area (Å²) in [6.07, 6.45) is 18.6. The average molecular weight is 405 g/mol. The molecule has 5 unspecified atom stereocenters. The molecule has 2 aliphatic carbocycles. The highest BCUT2D eigenvalue weighted by Gasteiger charge is 2.48. The van der Waals surface area contributed by atoms with E-state index in [-0.39, 0.29) is 0 Å². The molecule has 1 heteroatoms. The van der Waals surface area contributed by atoms with Gasteiger partial charge in [-0.2, -0.15) is 0 Å². The first-order valence-corrected chi connectivity index (χ1v) is 13.0. The molecule has 1 N–H and O–H groups in total. The Bertz CT molecular complexity index is 511. The first-order chi connectivity index (χ1) is 13.6. The van der Waals surface area contributed by atoms with E-state index in [1.807, 2.05) is 13.8 Å². The average Bonchev–Trinajstić information content (AvgIpc) is 2.94. The Labute approximate surface area is 183 Å². The fourth-order valence-corrected chi connectivity index (χ4v) is 7.19. The van der Waals surface area contributed by atoms with Crippen LogP contribution in [0.4, 0.5) is 0 Å². The molecule has 0 aliphatic heterocycles. The molecular weight excluding hydrogens is 352 g/mol. The minimum atomic E-state index is -0.498. The molecule has 0 aromatic heterocycles. The number of rotatable bonds is 11. The summed E-state index contributed by atoms with van der Waals surface area (Å²) in [7, 11) is 0. The van der Waals surface area contributed by atoms with Gasteiger partial charge < -0.3 is 5.11 Å². The van der Waals surface area contributed by atoms with Crippen molar-refractivity contribution in [2.45, 2.75) is 131 Å². The normalized spacial score (nSPS) is 33.3. The predicted molar refractivity (Wildman–Crippen MR) is 128 cm³/mol. The highest BCUT2D eigenvalue weighted by atomic mass is 16.3. The molecule has 0 aromatic rings. The van der Waals surface area contributed by atoms with E-state index in [0.717, 1.165) is 36.0 Å². The van der Waals surface area contributed by atoms with Crippen molar-refractivity contribution in [1.29, 1.82) is 0 Å². The third-order valence-electron chi connectivity index (χ3n) is 8.57. The largest absolute Gasteiger partial charge is 0.390 e. The smallest absolute Gasteiger partial charge is 0.0591 e. The summed E-state index contributed by atoms with van der Waals surface area (Å²) < 4.78 is 0. The van der Waals surface area contributed by atoms with Crippen LogP contribution < -0.4 is 0 Å². The first kappa shape index (κ1) is 25.0. The van der Waals surface area contributed by atoms with Crippen LogP contribution in [0.2, 0.25) is 0 Å². The van der Waals surface area contributed by atoms with Crippen LogP contribution in [0.5, 0.6) is 0 Å². The highest BCUT2D eigenvalue weighted by molar-refractivity contribution is 5.15. The molecule has 170 valence electrons. The molecule has 0 aromatic carbocycles. The van der Waals surface area contributed by atoms with E-state index in [9.17, 15) is 5.11 Å². The SMILES string of the molecule is CCCC1CC(C2CCC(CCCCC(C)(C)O)C2(C)CCC)CC=C1C(C)C. The van der Waals surface area contributed by atoms with E-state index >= 15 is 0 Å². The minimum Gasteiger partial charge on any atom is -0.390 e. The van der Waals surface area contributed by atoms with Crippen LogP contribution in [0.25, 0.3) is 0 Å². The summed E-state index contributed by atoms with van der Waals surface area (Å²) in [6.45, 7) is 16.1. The molecule has 0 bridgehead atoms. The Kier molecular flexibility index (Phi) is 9.32. The zero-order chi connectivity index (χ0) is 21.7.